The lowest BCUT2D eigenvalue weighted by molar-refractivity contribution is -0.775. The summed E-state index contributed by atoms with van der Waals surface area (Å²) in [6.45, 7) is 2.34. The van der Waals surface area contributed by atoms with Gasteiger partial charge in [0.25, 0.3) is 0 Å². The fraction of sp³-hybridized carbons (Fsp3) is 0.192. The van der Waals surface area contributed by atoms with Gasteiger partial charge in [-0.05, 0) is 55.5 Å². The van der Waals surface area contributed by atoms with E-state index in [2.05, 4.69) is 15.5 Å². The van der Waals surface area contributed by atoms with Crippen LogP contribution in [0, 0.1) is 5.82 Å². The van der Waals surface area contributed by atoms with Crippen LogP contribution < -0.4 is 5.32 Å². The number of carbonyl (C=O) groups is 2. The summed E-state index contributed by atoms with van der Waals surface area (Å²) in [5.74, 6) is -0.676. The van der Waals surface area contributed by atoms with Crippen LogP contribution in [0.25, 0.3) is 16.9 Å². The predicted molar refractivity (Wildman–Crippen MR) is 127 cm³/mol. The molecule has 34 heavy (non-hydrogen) atoms. The second-order valence-electron chi connectivity index (χ2n) is 8.60. The molecule has 172 valence electrons. The molecule has 0 aliphatic carbocycles. The van der Waals surface area contributed by atoms with Crippen molar-refractivity contribution in [1.29, 1.82) is 0 Å². The van der Waals surface area contributed by atoms with Gasteiger partial charge < -0.3 is 4.57 Å². The number of imide groups is 1. The number of quaternary nitrogens is 1. The van der Waals surface area contributed by atoms with Crippen LogP contribution >= 0.6 is 0 Å². The maximum Gasteiger partial charge on any atom is 0.429 e. The van der Waals surface area contributed by atoms with E-state index in [9.17, 15) is 14.0 Å². The van der Waals surface area contributed by atoms with Gasteiger partial charge >= 0.3 is 11.9 Å². The van der Waals surface area contributed by atoms with Crippen molar-refractivity contribution < 1.29 is 18.5 Å². The Balaban J connectivity index is 1.47. The van der Waals surface area contributed by atoms with E-state index in [1.165, 1.54) is 12.1 Å². The molecule has 5 rings (SSSR count). The van der Waals surface area contributed by atoms with Crippen LogP contribution in [-0.4, -0.2) is 43.8 Å². The van der Waals surface area contributed by atoms with Crippen molar-refractivity contribution in [2.45, 2.75) is 25.8 Å². The van der Waals surface area contributed by atoms with Crippen LogP contribution in [-0.2, 0) is 0 Å². The summed E-state index contributed by atoms with van der Waals surface area (Å²) >= 11 is 0. The molecule has 2 aromatic carbocycles. The van der Waals surface area contributed by atoms with Crippen molar-refractivity contribution in [3.63, 3.8) is 0 Å². The highest BCUT2D eigenvalue weighted by Gasteiger charge is 2.53. The first-order valence-electron chi connectivity index (χ1n) is 11.3. The van der Waals surface area contributed by atoms with Gasteiger partial charge in [0.05, 0.1) is 23.6 Å². The number of amides is 3. The Bertz CT molecular complexity index is 1330. The molecule has 1 aliphatic heterocycles. The molecule has 0 saturated carbocycles. The molecule has 2 N–H and O–H groups in total. The molecule has 0 spiro atoms. The van der Waals surface area contributed by atoms with Gasteiger partial charge in [-0.2, -0.15) is 9.58 Å². The largest absolute Gasteiger partial charge is 0.429 e. The minimum atomic E-state index is -0.368. The summed E-state index contributed by atoms with van der Waals surface area (Å²) in [4.78, 5) is 27.6. The first kappa shape index (κ1) is 21.8. The van der Waals surface area contributed by atoms with Crippen LogP contribution in [0.2, 0.25) is 0 Å². The maximum absolute atomic E-state index is 13.8. The van der Waals surface area contributed by atoms with Gasteiger partial charge in [0, 0.05) is 36.9 Å². The number of H-pyrrole nitrogens is 1. The molecule has 0 radical (unpaired) electrons. The van der Waals surface area contributed by atoms with Crippen LogP contribution in [0.1, 0.15) is 30.3 Å². The Morgan fingerprint density at radius 2 is 1.82 bits per heavy atom. The fourth-order valence-electron chi connectivity index (χ4n) is 4.70. The molecule has 2 aromatic heterocycles. The number of rotatable bonds is 4. The van der Waals surface area contributed by atoms with E-state index in [4.69, 9.17) is 0 Å². The molecule has 7 nitrogen and oxygen atoms in total. The van der Waals surface area contributed by atoms with Crippen molar-refractivity contribution in [2.24, 2.45) is 0 Å². The predicted octanol–water partition coefficient (Wildman–Crippen LogP) is 5.38. The van der Waals surface area contributed by atoms with E-state index in [1.54, 1.807) is 18.2 Å². The number of hydrogen-bond donors (Lipinski definition) is 2. The molecule has 2 atom stereocenters. The molecule has 8 heteroatoms. The monoisotopic (exact) mass is 458 g/mol. The highest BCUT2D eigenvalue weighted by Crippen LogP contribution is 2.33. The van der Waals surface area contributed by atoms with E-state index in [0.29, 0.717) is 23.5 Å². The Morgan fingerprint density at radius 3 is 2.53 bits per heavy atom. The molecule has 4 aromatic rings. The molecule has 0 bridgehead atoms. The molecular formula is C26H25FN5O2+. The standard InChI is InChI=1S/C26H24FN5O2/c1-18-7-6-16-32(18,25(33)23-17-22(29-30-23)19-10-12-20(27)13-11-19)26(34)28-21-8-2-3-9-24(21)31-14-4-5-15-31/h2-5,8-15,17-18H,6-7,16H2,1H3,(H-,28,29,30,33,34)/p+1/t18-,32?/m1/s1. The van der Waals surface area contributed by atoms with E-state index in [-0.39, 0.29) is 34.0 Å². The fourth-order valence-corrected chi connectivity index (χ4v) is 4.70. The molecule has 1 aliphatic rings. The number of benzene rings is 2. The van der Waals surface area contributed by atoms with Crippen molar-refractivity contribution >= 4 is 17.6 Å². The zero-order valence-corrected chi connectivity index (χ0v) is 18.7. The van der Waals surface area contributed by atoms with Gasteiger partial charge in [-0.1, -0.05) is 12.1 Å². The van der Waals surface area contributed by atoms with Crippen LogP contribution in [0.5, 0.6) is 0 Å². The van der Waals surface area contributed by atoms with E-state index >= 15 is 0 Å². The number of likely N-dealkylation sites (tertiary alicyclic amines) is 1. The number of nitrogens with zero attached hydrogens (tertiary/aromatic N) is 3. The smallest absolute Gasteiger partial charge is 0.322 e. The number of hydrogen-bond acceptors (Lipinski definition) is 3. The Kier molecular flexibility index (Phi) is 5.59. The highest BCUT2D eigenvalue weighted by molar-refractivity contribution is 6.00. The first-order chi connectivity index (χ1) is 16.5. The third-order valence-electron chi connectivity index (χ3n) is 6.59. The second-order valence-corrected chi connectivity index (χ2v) is 8.60. The summed E-state index contributed by atoms with van der Waals surface area (Å²) in [5, 5.41) is 10.1. The Hall–Kier alpha value is -4.04. The second kappa shape index (κ2) is 8.72. The average Bonchev–Trinajstić information content (AvgIpc) is 3.61. The summed E-state index contributed by atoms with van der Waals surface area (Å²) in [6, 6.07) is 18.3. The number of urea groups is 1. The van der Waals surface area contributed by atoms with Crippen LogP contribution in [0.15, 0.2) is 79.1 Å². The number of carbonyl (C=O) groups excluding carboxylic acids is 2. The molecule has 1 saturated heterocycles. The van der Waals surface area contributed by atoms with Crippen molar-refractivity contribution in [1.82, 2.24) is 14.8 Å². The van der Waals surface area contributed by atoms with Gasteiger partial charge in [0.2, 0.25) is 0 Å². The first-order valence-corrected chi connectivity index (χ1v) is 11.3. The van der Waals surface area contributed by atoms with Gasteiger partial charge in [-0.25, -0.2) is 14.0 Å². The quantitative estimate of drug-likeness (QED) is 0.403. The Labute approximate surface area is 196 Å². The summed E-state index contributed by atoms with van der Waals surface area (Å²) in [5.41, 5.74) is 2.90. The number of halogens is 1. The lowest BCUT2D eigenvalue weighted by Gasteiger charge is -2.32. The molecule has 3 heterocycles. The van der Waals surface area contributed by atoms with Gasteiger partial charge in [-0.15, -0.1) is 0 Å². The lowest BCUT2D eigenvalue weighted by atomic mass is 10.1. The summed E-state index contributed by atoms with van der Waals surface area (Å²) in [7, 11) is 0. The summed E-state index contributed by atoms with van der Waals surface area (Å²) < 4.78 is 14.9. The van der Waals surface area contributed by atoms with Crippen molar-refractivity contribution in [2.75, 3.05) is 11.9 Å². The third-order valence-corrected chi connectivity index (χ3v) is 6.59. The van der Waals surface area contributed by atoms with Gasteiger partial charge in [-0.3, -0.25) is 10.4 Å². The van der Waals surface area contributed by atoms with Crippen LogP contribution in [0.3, 0.4) is 0 Å². The van der Waals surface area contributed by atoms with E-state index in [0.717, 1.165) is 18.5 Å². The minimum Gasteiger partial charge on any atom is -0.322 e. The van der Waals surface area contributed by atoms with Crippen molar-refractivity contribution in [3.8, 4) is 16.9 Å². The van der Waals surface area contributed by atoms with Crippen LogP contribution in [0.4, 0.5) is 14.9 Å². The Morgan fingerprint density at radius 1 is 1.09 bits per heavy atom. The molecule has 1 fully saturated rings. The summed E-state index contributed by atoms with van der Waals surface area (Å²) in [6.07, 6.45) is 5.33. The highest BCUT2D eigenvalue weighted by atomic mass is 19.1. The number of aromatic amines is 1. The molecule has 3 amide bonds. The average molecular weight is 459 g/mol. The number of aromatic nitrogens is 3. The maximum atomic E-state index is 13.8. The topological polar surface area (TPSA) is 79.8 Å². The number of para-hydroxylation sites is 2. The third kappa shape index (κ3) is 3.72. The van der Waals surface area contributed by atoms with Gasteiger partial charge in [0.1, 0.15) is 11.9 Å². The zero-order chi connectivity index (χ0) is 23.7. The normalized spacial score (nSPS) is 19.8. The molecule has 1 unspecified atom stereocenters. The molecular weight excluding hydrogens is 433 g/mol. The number of nitrogens with one attached hydrogen (secondary N) is 2. The number of anilines is 1. The van der Waals surface area contributed by atoms with Crippen molar-refractivity contribution in [3.05, 3.63) is 90.6 Å². The minimum absolute atomic E-state index is 0.191. The SMILES string of the molecule is C[C@@H]1CCC[N+]1(C(=O)Nc1ccccc1-n1cccc1)C(=O)c1cc(-c2ccc(F)cc2)n[nH]1. The zero-order valence-electron chi connectivity index (χ0n) is 18.7. The van der Waals surface area contributed by atoms with E-state index in [1.807, 2.05) is 60.3 Å². The van der Waals surface area contributed by atoms with Gasteiger partial charge in [0.15, 0.2) is 5.69 Å². The van der Waals surface area contributed by atoms with E-state index < -0.39 is 0 Å². The lowest BCUT2D eigenvalue weighted by Crippen LogP contribution is -2.60.